The monoisotopic (exact) mass is 314 g/mol. The molecule has 0 amide bonds. The minimum absolute atomic E-state index is 1.19. The molecule has 0 aliphatic carbocycles. The second kappa shape index (κ2) is 5.28. The summed E-state index contributed by atoms with van der Waals surface area (Å²) >= 11 is 0. The minimum atomic E-state index is -1.77. The maximum Gasteiger partial charge on any atom is 0.114 e. The van der Waals surface area contributed by atoms with Crippen molar-refractivity contribution in [2.45, 2.75) is 13.1 Å². The van der Waals surface area contributed by atoms with Gasteiger partial charge < -0.3 is 0 Å². The number of hydrogen-bond donors (Lipinski definition) is 0. The molecular formula is C20H18N2Si. The molecule has 1 aliphatic heterocycles. The van der Waals surface area contributed by atoms with Gasteiger partial charge in [-0.05, 0) is 39.2 Å². The van der Waals surface area contributed by atoms with E-state index < -0.39 is 8.07 Å². The normalized spacial score (nSPS) is 15.6. The van der Waals surface area contributed by atoms with Gasteiger partial charge in [0.25, 0.3) is 0 Å². The summed E-state index contributed by atoms with van der Waals surface area (Å²) in [5.41, 5.74) is 5.12. The van der Waals surface area contributed by atoms with Crippen molar-refractivity contribution in [3.63, 3.8) is 0 Å². The van der Waals surface area contributed by atoms with Gasteiger partial charge >= 0.3 is 0 Å². The zero-order valence-corrected chi connectivity index (χ0v) is 14.3. The van der Waals surface area contributed by atoms with Crippen LogP contribution in [0.3, 0.4) is 0 Å². The molecule has 0 radical (unpaired) electrons. The number of benzene rings is 1. The maximum absolute atomic E-state index is 4.36. The lowest BCUT2D eigenvalue weighted by atomic mass is 9.97. The molecule has 2 aromatic heterocycles. The number of nitrogens with zero attached hydrogens (tertiary/aromatic N) is 2. The first kappa shape index (κ1) is 14.1. The van der Waals surface area contributed by atoms with E-state index >= 15 is 0 Å². The zero-order chi connectivity index (χ0) is 15.9. The fraction of sp³-hybridized carbons (Fsp3) is 0.100. The number of fused-ring (bicyclic) bond motifs is 1. The summed E-state index contributed by atoms with van der Waals surface area (Å²) in [5.74, 6) is 0. The molecule has 0 unspecified atom stereocenters. The number of pyridine rings is 2. The van der Waals surface area contributed by atoms with Gasteiger partial charge in [-0.1, -0.05) is 49.5 Å². The highest BCUT2D eigenvalue weighted by atomic mass is 28.3. The van der Waals surface area contributed by atoms with Crippen LogP contribution in [0, 0.1) is 0 Å². The van der Waals surface area contributed by atoms with E-state index in [9.17, 15) is 0 Å². The Labute approximate surface area is 137 Å². The van der Waals surface area contributed by atoms with Crippen LogP contribution >= 0.6 is 0 Å². The van der Waals surface area contributed by atoms with Gasteiger partial charge in [0.2, 0.25) is 0 Å². The molecule has 2 nitrogen and oxygen atoms in total. The van der Waals surface area contributed by atoms with E-state index in [2.05, 4.69) is 59.5 Å². The Morgan fingerprint density at radius 3 is 2.04 bits per heavy atom. The van der Waals surface area contributed by atoms with Gasteiger partial charge in [-0.2, -0.15) is 0 Å². The molecule has 1 aromatic carbocycles. The van der Waals surface area contributed by atoms with Crippen molar-refractivity contribution in [1.82, 2.24) is 9.97 Å². The van der Waals surface area contributed by atoms with Crippen LogP contribution in [-0.2, 0) is 0 Å². The SMILES string of the molecule is C[Si]1(C)C(c2cccnc2)=C(c2cccnc2)c2ccccc21. The molecule has 0 atom stereocenters. The van der Waals surface area contributed by atoms with Crippen LogP contribution in [0.15, 0.2) is 73.3 Å². The van der Waals surface area contributed by atoms with Crippen molar-refractivity contribution in [3.8, 4) is 0 Å². The Hall–Kier alpha value is -2.52. The molecular weight excluding hydrogens is 296 g/mol. The van der Waals surface area contributed by atoms with E-state index in [-0.39, 0.29) is 0 Å². The molecule has 3 heterocycles. The molecule has 112 valence electrons. The van der Waals surface area contributed by atoms with Crippen LogP contribution in [0.2, 0.25) is 13.1 Å². The molecule has 0 fully saturated rings. The van der Waals surface area contributed by atoms with Gasteiger partial charge in [-0.15, -0.1) is 0 Å². The second-order valence-corrected chi connectivity index (χ2v) is 10.7. The highest BCUT2D eigenvalue weighted by molar-refractivity contribution is 7.07. The van der Waals surface area contributed by atoms with Gasteiger partial charge in [-0.25, -0.2) is 0 Å². The van der Waals surface area contributed by atoms with E-state index in [4.69, 9.17) is 0 Å². The molecule has 3 aromatic rings. The van der Waals surface area contributed by atoms with Gasteiger partial charge in [0, 0.05) is 30.4 Å². The Morgan fingerprint density at radius 2 is 1.39 bits per heavy atom. The van der Waals surface area contributed by atoms with E-state index in [0.717, 1.165) is 0 Å². The Bertz CT molecular complexity index is 884. The predicted octanol–water partition coefficient (Wildman–Crippen LogP) is 3.90. The quantitative estimate of drug-likeness (QED) is 0.670. The second-order valence-electron chi connectivity index (χ2n) is 6.40. The van der Waals surface area contributed by atoms with Crippen molar-refractivity contribution < 1.29 is 0 Å². The van der Waals surface area contributed by atoms with E-state index in [1.54, 1.807) is 0 Å². The predicted molar refractivity (Wildman–Crippen MR) is 97.9 cm³/mol. The number of hydrogen-bond acceptors (Lipinski definition) is 2. The Balaban J connectivity index is 2.08. The summed E-state index contributed by atoms with van der Waals surface area (Å²) < 4.78 is 0. The standard InChI is InChI=1S/C20H18N2Si/c1-23(2)18-10-4-3-9-17(18)19(15-7-5-11-21-13-15)20(23)16-8-6-12-22-14-16/h3-14H,1-2H3. The fourth-order valence-electron chi connectivity index (χ4n) is 3.65. The highest BCUT2D eigenvalue weighted by Gasteiger charge is 2.40. The van der Waals surface area contributed by atoms with Crippen LogP contribution in [0.25, 0.3) is 10.8 Å². The third-order valence-corrected chi connectivity index (χ3v) is 8.22. The molecule has 1 aliphatic rings. The zero-order valence-electron chi connectivity index (χ0n) is 13.3. The van der Waals surface area contributed by atoms with Crippen molar-refractivity contribution >= 4 is 24.0 Å². The first-order valence-corrected chi connectivity index (χ1v) is 10.8. The summed E-state index contributed by atoms with van der Waals surface area (Å²) in [7, 11) is -1.77. The number of aromatic nitrogens is 2. The summed E-state index contributed by atoms with van der Waals surface area (Å²) in [5, 5.41) is 2.96. The van der Waals surface area contributed by atoms with Crippen LogP contribution in [0.4, 0.5) is 0 Å². The molecule has 4 rings (SSSR count). The van der Waals surface area contributed by atoms with Crippen LogP contribution < -0.4 is 5.19 Å². The average molecular weight is 314 g/mol. The minimum Gasteiger partial charge on any atom is -0.264 e. The van der Waals surface area contributed by atoms with Crippen molar-refractivity contribution in [1.29, 1.82) is 0 Å². The first-order valence-electron chi connectivity index (χ1n) is 7.85. The summed E-state index contributed by atoms with van der Waals surface area (Å²) in [6.07, 6.45) is 7.63. The summed E-state index contributed by atoms with van der Waals surface area (Å²) in [6.45, 7) is 4.86. The van der Waals surface area contributed by atoms with E-state index in [1.807, 2.05) is 36.9 Å². The van der Waals surface area contributed by atoms with Gasteiger partial charge in [0.05, 0.1) is 0 Å². The van der Waals surface area contributed by atoms with Crippen molar-refractivity contribution in [2.24, 2.45) is 0 Å². The third kappa shape index (κ3) is 2.16. The maximum atomic E-state index is 4.36. The van der Waals surface area contributed by atoms with Gasteiger partial charge in [0.1, 0.15) is 8.07 Å². The molecule has 0 bridgehead atoms. The molecule has 3 heteroatoms. The topological polar surface area (TPSA) is 25.8 Å². The van der Waals surface area contributed by atoms with Crippen LogP contribution in [0.1, 0.15) is 16.7 Å². The van der Waals surface area contributed by atoms with Gasteiger partial charge in [-0.3, -0.25) is 9.97 Å². The largest absolute Gasteiger partial charge is 0.264 e. The lowest BCUT2D eigenvalue weighted by molar-refractivity contribution is 1.30. The molecule has 0 saturated carbocycles. The van der Waals surface area contributed by atoms with E-state index in [1.165, 1.54) is 32.6 Å². The van der Waals surface area contributed by atoms with E-state index in [0.29, 0.717) is 0 Å². The molecule has 0 spiro atoms. The summed E-state index contributed by atoms with van der Waals surface area (Å²) in [4.78, 5) is 8.70. The van der Waals surface area contributed by atoms with Crippen LogP contribution in [-0.4, -0.2) is 18.0 Å². The average Bonchev–Trinajstić information content (AvgIpc) is 2.84. The Kier molecular flexibility index (Phi) is 3.24. The summed E-state index contributed by atoms with van der Waals surface area (Å²) in [6, 6.07) is 17.2. The van der Waals surface area contributed by atoms with Gasteiger partial charge in [0.15, 0.2) is 0 Å². The highest BCUT2D eigenvalue weighted by Crippen LogP contribution is 2.42. The lowest BCUT2D eigenvalue weighted by Gasteiger charge is -2.22. The smallest absolute Gasteiger partial charge is 0.114 e. The third-order valence-electron chi connectivity index (χ3n) is 4.65. The van der Waals surface area contributed by atoms with Crippen molar-refractivity contribution in [2.75, 3.05) is 0 Å². The van der Waals surface area contributed by atoms with Crippen molar-refractivity contribution in [3.05, 3.63) is 90.0 Å². The molecule has 0 N–H and O–H groups in total. The first-order chi connectivity index (χ1) is 11.2. The number of rotatable bonds is 2. The Morgan fingerprint density at radius 1 is 0.739 bits per heavy atom. The molecule has 23 heavy (non-hydrogen) atoms. The lowest BCUT2D eigenvalue weighted by Crippen LogP contribution is -2.40. The molecule has 0 saturated heterocycles. The fourth-order valence-corrected chi connectivity index (χ4v) is 7.09. The van der Waals surface area contributed by atoms with Crippen LogP contribution in [0.5, 0.6) is 0 Å².